The van der Waals surface area contributed by atoms with E-state index >= 15 is 0 Å². The van der Waals surface area contributed by atoms with Gasteiger partial charge in [-0.25, -0.2) is 0 Å². The SMILES string of the molecule is Cc1cc(OCC(=O)NC(C)CCCO)cc(C)c1Cl. The van der Waals surface area contributed by atoms with Gasteiger partial charge in [-0.05, 0) is 56.9 Å². The van der Waals surface area contributed by atoms with Gasteiger partial charge < -0.3 is 15.2 Å². The zero-order valence-corrected chi connectivity index (χ0v) is 13.0. The number of aliphatic hydroxyl groups is 1. The van der Waals surface area contributed by atoms with E-state index in [-0.39, 0.29) is 25.2 Å². The van der Waals surface area contributed by atoms with Crippen molar-refractivity contribution in [3.63, 3.8) is 0 Å². The molecule has 1 aromatic carbocycles. The van der Waals surface area contributed by atoms with Gasteiger partial charge in [-0.2, -0.15) is 0 Å². The van der Waals surface area contributed by atoms with Crippen molar-refractivity contribution in [3.05, 3.63) is 28.3 Å². The molecule has 20 heavy (non-hydrogen) atoms. The van der Waals surface area contributed by atoms with Gasteiger partial charge in [-0.1, -0.05) is 11.6 Å². The third-order valence-electron chi connectivity index (χ3n) is 2.98. The average Bonchev–Trinajstić information content (AvgIpc) is 2.40. The Hall–Kier alpha value is -1.26. The zero-order valence-electron chi connectivity index (χ0n) is 12.2. The molecule has 1 amide bonds. The number of hydrogen-bond acceptors (Lipinski definition) is 3. The molecular weight excluding hydrogens is 278 g/mol. The molecule has 112 valence electrons. The monoisotopic (exact) mass is 299 g/mol. The number of hydrogen-bond donors (Lipinski definition) is 2. The Labute approximate surface area is 125 Å². The predicted molar refractivity (Wildman–Crippen MR) is 80.3 cm³/mol. The molecule has 0 aliphatic heterocycles. The van der Waals surface area contributed by atoms with Gasteiger partial charge in [-0.15, -0.1) is 0 Å². The molecule has 0 fully saturated rings. The highest BCUT2D eigenvalue weighted by atomic mass is 35.5. The number of halogens is 1. The van der Waals surface area contributed by atoms with Crippen molar-refractivity contribution < 1.29 is 14.6 Å². The van der Waals surface area contributed by atoms with Crippen LogP contribution >= 0.6 is 11.6 Å². The predicted octanol–water partition coefficient (Wildman–Crippen LogP) is 2.61. The largest absolute Gasteiger partial charge is 0.484 e. The lowest BCUT2D eigenvalue weighted by Crippen LogP contribution is -2.36. The molecular formula is C15H22ClNO3. The fourth-order valence-electron chi connectivity index (χ4n) is 1.92. The molecule has 2 N–H and O–H groups in total. The first-order chi connectivity index (χ1) is 9.43. The van der Waals surface area contributed by atoms with E-state index < -0.39 is 0 Å². The molecule has 1 rings (SSSR count). The van der Waals surface area contributed by atoms with Gasteiger partial charge in [0.25, 0.3) is 5.91 Å². The number of carbonyl (C=O) groups excluding carboxylic acids is 1. The van der Waals surface area contributed by atoms with Crippen LogP contribution in [0.5, 0.6) is 5.75 Å². The first kappa shape index (κ1) is 16.8. The number of benzene rings is 1. The molecule has 5 heteroatoms. The van der Waals surface area contributed by atoms with Gasteiger partial charge in [0.2, 0.25) is 0 Å². The average molecular weight is 300 g/mol. The highest BCUT2D eigenvalue weighted by molar-refractivity contribution is 6.32. The molecule has 0 aliphatic carbocycles. The van der Waals surface area contributed by atoms with E-state index in [1.54, 1.807) is 0 Å². The lowest BCUT2D eigenvalue weighted by molar-refractivity contribution is -0.123. The highest BCUT2D eigenvalue weighted by Gasteiger charge is 2.09. The van der Waals surface area contributed by atoms with E-state index in [4.69, 9.17) is 21.4 Å². The van der Waals surface area contributed by atoms with Crippen molar-refractivity contribution in [1.29, 1.82) is 0 Å². The van der Waals surface area contributed by atoms with Crippen molar-refractivity contribution >= 4 is 17.5 Å². The maximum Gasteiger partial charge on any atom is 0.258 e. The number of rotatable bonds is 7. The summed E-state index contributed by atoms with van der Waals surface area (Å²) in [7, 11) is 0. The van der Waals surface area contributed by atoms with Crippen molar-refractivity contribution in [3.8, 4) is 5.75 Å². The van der Waals surface area contributed by atoms with Crippen LogP contribution in [0, 0.1) is 13.8 Å². The summed E-state index contributed by atoms with van der Waals surface area (Å²) < 4.78 is 5.47. The van der Waals surface area contributed by atoms with Crippen molar-refractivity contribution in [2.75, 3.05) is 13.2 Å². The van der Waals surface area contributed by atoms with Crippen molar-refractivity contribution in [2.45, 2.75) is 39.7 Å². The van der Waals surface area contributed by atoms with Gasteiger partial charge >= 0.3 is 0 Å². The van der Waals surface area contributed by atoms with Gasteiger partial charge in [0.1, 0.15) is 5.75 Å². The maximum absolute atomic E-state index is 11.7. The van der Waals surface area contributed by atoms with E-state index in [1.165, 1.54) is 0 Å². The second-order valence-electron chi connectivity index (χ2n) is 4.99. The molecule has 1 aromatic rings. The van der Waals surface area contributed by atoms with Crippen LogP contribution in [0.3, 0.4) is 0 Å². The first-order valence-electron chi connectivity index (χ1n) is 6.73. The Balaban J connectivity index is 2.45. The quantitative estimate of drug-likeness (QED) is 0.813. The fourth-order valence-corrected chi connectivity index (χ4v) is 2.03. The Kier molecular flexibility index (Phi) is 6.82. The van der Waals surface area contributed by atoms with E-state index in [0.717, 1.165) is 22.6 Å². The van der Waals surface area contributed by atoms with Crippen molar-refractivity contribution in [2.24, 2.45) is 0 Å². The molecule has 0 bridgehead atoms. The Bertz CT molecular complexity index is 439. The molecule has 1 atom stereocenters. The van der Waals surface area contributed by atoms with Crippen LogP contribution in [0.15, 0.2) is 12.1 Å². The van der Waals surface area contributed by atoms with E-state index in [9.17, 15) is 4.79 Å². The Morgan fingerprint density at radius 3 is 2.55 bits per heavy atom. The van der Waals surface area contributed by atoms with Gasteiger partial charge in [0, 0.05) is 17.7 Å². The van der Waals surface area contributed by atoms with Crippen LogP contribution in [0.4, 0.5) is 0 Å². The summed E-state index contributed by atoms with van der Waals surface area (Å²) in [5, 5.41) is 12.3. The first-order valence-corrected chi connectivity index (χ1v) is 7.11. The number of aliphatic hydroxyl groups excluding tert-OH is 1. The van der Waals surface area contributed by atoms with Crippen LogP contribution in [-0.2, 0) is 4.79 Å². The number of nitrogens with one attached hydrogen (secondary N) is 1. The van der Waals surface area contributed by atoms with Crippen LogP contribution in [0.1, 0.15) is 30.9 Å². The minimum absolute atomic E-state index is 0.0238. The summed E-state index contributed by atoms with van der Waals surface area (Å²) in [4.78, 5) is 11.7. The van der Waals surface area contributed by atoms with E-state index in [0.29, 0.717) is 12.2 Å². The number of aryl methyl sites for hydroxylation is 2. The van der Waals surface area contributed by atoms with Crippen LogP contribution in [0.25, 0.3) is 0 Å². The third kappa shape index (κ3) is 5.39. The lowest BCUT2D eigenvalue weighted by atomic mass is 10.1. The topological polar surface area (TPSA) is 58.6 Å². The Morgan fingerprint density at radius 1 is 1.40 bits per heavy atom. The number of carbonyl (C=O) groups is 1. The molecule has 4 nitrogen and oxygen atoms in total. The summed E-state index contributed by atoms with van der Waals surface area (Å²) in [5.41, 5.74) is 1.86. The molecule has 0 radical (unpaired) electrons. The minimum Gasteiger partial charge on any atom is -0.484 e. The standard InChI is InChI=1S/C15H22ClNO3/c1-10-7-13(8-11(2)15(10)16)20-9-14(19)17-12(3)5-4-6-18/h7-8,12,18H,4-6,9H2,1-3H3,(H,17,19). The normalized spacial score (nSPS) is 12.1. The van der Waals surface area contributed by atoms with Gasteiger partial charge in [-0.3, -0.25) is 4.79 Å². The molecule has 0 aromatic heterocycles. The Morgan fingerprint density at radius 2 is 2.00 bits per heavy atom. The highest BCUT2D eigenvalue weighted by Crippen LogP contribution is 2.25. The molecule has 0 saturated heterocycles. The number of amides is 1. The molecule has 0 aliphatic rings. The third-order valence-corrected chi connectivity index (χ3v) is 3.58. The summed E-state index contributed by atoms with van der Waals surface area (Å²) in [6.07, 6.45) is 1.43. The van der Waals surface area contributed by atoms with Gasteiger partial charge in [0.15, 0.2) is 6.61 Å². The molecule has 0 spiro atoms. The van der Waals surface area contributed by atoms with Crippen LogP contribution in [0.2, 0.25) is 5.02 Å². The zero-order chi connectivity index (χ0) is 15.1. The van der Waals surface area contributed by atoms with Crippen molar-refractivity contribution in [1.82, 2.24) is 5.32 Å². The van der Waals surface area contributed by atoms with Crippen LogP contribution < -0.4 is 10.1 Å². The van der Waals surface area contributed by atoms with E-state index in [1.807, 2.05) is 32.9 Å². The summed E-state index contributed by atoms with van der Waals surface area (Å²) >= 11 is 6.07. The van der Waals surface area contributed by atoms with E-state index in [2.05, 4.69) is 5.32 Å². The number of ether oxygens (including phenoxy) is 1. The summed E-state index contributed by atoms with van der Waals surface area (Å²) in [6, 6.07) is 3.67. The fraction of sp³-hybridized carbons (Fsp3) is 0.533. The molecule has 1 unspecified atom stereocenters. The molecule has 0 saturated carbocycles. The lowest BCUT2D eigenvalue weighted by Gasteiger charge is -2.14. The summed E-state index contributed by atoms with van der Waals surface area (Å²) in [5.74, 6) is 0.475. The molecule has 0 heterocycles. The minimum atomic E-state index is -0.166. The maximum atomic E-state index is 11.7. The smallest absolute Gasteiger partial charge is 0.258 e. The second-order valence-corrected chi connectivity index (χ2v) is 5.37. The second kappa shape index (κ2) is 8.12. The van der Waals surface area contributed by atoms with Gasteiger partial charge in [0.05, 0.1) is 0 Å². The summed E-state index contributed by atoms with van der Waals surface area (Å²) in [6.45, 7) is 5.83. The van der Waals surface area contributed by atoms with Crippen LogP contribution in [-0.4, -0.2) is 30.3 Å².